The summed E-state index contributed by atoms with van der Waals surface area (Å²) in [5.74, 6) is -0.782. The molecular formula is C40H51N3O8. The van der Waals surface area contributed by atoms with Crippen LogP contribution in [0.1, 0.15) is 92.4 Å². The van der Waals surface area contributed by atoms with Crippen molar-refractivity contribution < 1.29 is 38.9 Å². The number of aliphatic hydroxyl groups excluding tert-OH is 1. The first-order valence-corrected chi connectivity index (χ1v) is 18.3. The number of ether oxygens (including phenoxy) is 4. The molecule has 51 heavy (non-hydrogen) atoms. The number of nitrogens with one attached hydrogen (secondary N) is 2. The van der Waals surface area contributed by atoms with Crippen molar-refractivity contribution in [2.24, 2.45) is 0 Å². The van der Waals surface area contributed by atoms with Crippen molar-refractivity contribution in [1.29, 1.82) is 0 Å². The van der Waals surface area contributed by atoms with Gasteiger partial charge in [0.25, 0.3) is 0 Å². The summed E-state index contributed by atoms with van der Waals surface area (Å²) in [6.07, 6.45) is 5.62. The lowest BCUT2D eigenvalue weighted by Crippen LogP contribution is -2.48. The van der Waals surface area contributed by atoms with E-state index in [1.165, 1.54) is 0 Å². The van der Waals surface area contributed by atoms with Gasteiger partial charge in [0.05, 0.1) is 32.0 Å². The Morgan fingerprint density at radius 3 is 2.16 bits per heavy atom. The lowest BCUT2D eigenvalue weighted by Gasteiger charge is -2.41. The molecule has 3 aliphatic rings. The smallest absolute Gasteiger partial charge is 0.243 e. The normalized spacial score (nSPS) is 21.8. The van der Waals surface area contributed by atoms with E-state index in [0.717, 1.165) is 91.5 Å². The Kier molecular flexibility index (Phi) is 13.2. The summed E-state index contributed by atoms with van der Waals surface area (Å²) in [6, 6.07) is 24.5. The van der Waals surface area contributed by atoms with Crippen molar-refractivity contribution in [3.63, 3.8) is 0 Å². The van der Waals surface area contributed by atoms with Gasteiger partial charge < -0.3 is 34.3 Å². The molecule has 11 nitrogen and oxygen atoms in total. The molecule has 3 fully saturated rings. The standard InChI is InChI=1S/C40H51N3O8/c44-28-29-10-12-32(13-11-29)36-25-35(27-43-20-18-40(19-21-43)48-22-23-49-40)50-39(51-36)33-16-14-31(15-17-33)34-7-5-6-30(24-34)26-41-37(45)8-3-1-2-4-9-38(46)42-47/h5-7,10-17,24,35-36,39,44,47H,1-4,8-9,18-23,25-28H2,(H,41,45)(H,42,46). The van der Waals surface area contributed by atoms with Gasteiger partial charge in [-0.15, -0.1) is 0 Å². The Balaban J connectivity index is 1.05. The van der Waals surface area contributed by atoms with Gasteiger partial charge in [0.1, 0.15) is 0 Å². The second-order valence-corrected chi connectivity index (χ2v) is 13.8. The van der Waals surface area contributed by atoms with Crippen LogP contribution in [-0.2, 0) is 41.7 Å². The van der Waals surface area contributed by atoms with Gasteiger partial charge >= 0.3 is 0 Å². The number of rotatable bonds is 15. The van der Waals surface area contributed by atoms with Crippen LogP contribution in [0.2, 0.25) is 0 Å². The monoisotopic (exact) mass is 701 g/mol. The Morgan fingerprint density at radius 1 is 0.784 bits per heavy atom. The fraction of sp³-hybridized carbons (Fsp3) is 0.500. The van der Waals surface area contributed by atoms with Crippen LogP contribution in [0.3, 0.4) is 0 Å². The number of hydrogen-bond acceptors (Lipinski definition) is 9. The minimum Gasteiger partial charge on any atom is -0.392 e. The van der Waals surface area contributed by atoms with Crippen molar-refractivity contribution >= 4 is 11.8 Å². The third-order valence-corrected chi connectivity index (χ3v) is 10.1. The number of benzene rings is 3. The van der Waals surface area contributed by atoms with Gasteiger partial charge in [-0.25, -0.2) is 5.48 Å². The topological polar surface area (TPSA) is 139 Å². The van der Waals surface area contributed by atoms with E-state index in [0.29, 0.717) is 39.0 Å². The second kappa shape index (κ2) is 18.2. The summed E-state index contributed by atoms with van der Waals surface area (Å²) in [6.45, 7) is 4.39. The molecule has 3 saturated heterocycles. The first kappa shape index (κ1) is 37.1. The van der Waals surface area contributed by atoms with E-state index in [-0.39, 0.29) is 30.6 Å². The molecule has 0 radical (unpaired) electrons. The first-order chi connectivity index (χ1) is 24.9. The van der Waals surface area contributed by atoms with Crippen LogP contribution in [0.4, 0.5) is 0 Å². The van der Waals surface area contributed by atoms with E-state index in [9.17, 15) is 14.7 Å². The van der Waals surface area contributed by atoms with Crippen molar-refractivity contribution in [2.75, 3.05) is 32.8 Å². The zero-order chi connectivity index (χ0) is 35.5. The minimum atomic E-state index is -0.528. The largest absolute Gasteiger partial charge is 0.392 e. The maximum atomic E-state index is 12.4. The summed E-state index contributed by atoms with van der Waals surface area (Å²) >= 11 is 0. The van der Waals surface area contributed by atoms with Gasteiger partial charge in [-0.2, -0.15) is 0 Å². The Bertz CT molecular complexity index is 1550. The summed E-state index contributed by atoms with van der Waals surface area (Å²) in [7, 11) is 0. The summed E-state index contributed by atoms with van der Waals surface area (Å²) in [4.78, 5) is 26.0. The van der Waals surface area contributed by atoms with Gasteiger partial charge in [-0.05, 0) is 46.7 Å². The molecule has 3 unspecified atom stereocenters. The molecule has 6 rings (SSSR count). The second-order valence-electron chi connectivity index (χ2n) is 13.8. The number of carbonyl (C=O) groups is 2. The lowest BCUT2D eigenvalue weighted by atomic mass is 9.98. The summed E-state index contributed by atoms with van der Waals surface area (Å²) in [5, 5.41) is 21.1. The first-order valence-electron chi connectivity index (χ1n) is 18.3. The summed E-state index contributed by atoms with van der Waals surface area (Å²) in [5.41, 5.74) is 7.67. The highest BCUT2D eigenvalue weighted by Gasteiger charge is 2.41. The zero-order valence-electron chi connectivity index (χ0n) is 29.3. The van der Waals surface area contributed by atoms with E-state index in [2.05, 4.69) is 46.6 Å². The highest BCUT2D eigenvalue weighted by atomic mass is 16.7. The van der Waals surface area contributed by atoms with Crippen molar-refractivity contribution in [1.82, 2.24) is 15.7 Å². The third kappa shape index (κ3) is 10.4. The molecule has 3 heterocycles. The predicted octanol–water partition coefficient (Wildman–Crippen LogP) is 5.69. The van der Waals surface area contributed by atoms with Gasteiger partial charge in [0.2, 0.25) is 11.8 Å². The molecule has 0 aliphatic carbocycles. The number of hydrogen-bond donors (Lipinski definition) is 4. The van der Waals surface area contributed by atoms with Crippen LogP contribution in [0.5, 0.6) is 0 Å². The van der Waals surface area contributed by atoms with Crippen molar-refractivity contribution in [3.05, 3.63) is 95.1 Å². The number of likely N-dealkylation sites (tertiary alicyclic amines) is 1. The Hall–Kier alpha value is -3.68. The van der Waals surface area contributed by atoms with Crippen LogP contribution in [0.15, 0.2) is 72.8 Å². The van der Waals surface area contributed by atoms with Crippen LogP contribution >= 0.6 is 0 Å². The van der Waals surface area contributed by atoms with Crippen LogP contribution in [0.25, 0.3) is 11.1 Å². The van der Waals surface area contributed by atoms with Crippen molar-refractivity contribution in [2.45, 2.75) is 95.2 Å². The molecular weight excluding hydrogens is 650 g/mol. The minimum absolute atomic E-state index is 0.00571. The van der Waals surface area contributed by atoms with Crippen LogP contribution in [0, 0.1) is 0 Å². The van der Waals surface area contributed by atoms with Gasteiger partial charge in [-0.1, -0.05) is 79.6 Å². The van der Waals surface area contributed by atoms with Gasteiger partial charge in [0, 0.05) is 63.8 Å². The molecule has 0 aromatic heterocycles. The fourth-order valence-electron chi connectivity index (χ4n) is 7.15. The fourth-order valence-corrected chi connectivity index (χ4v) is 7.15. The number of aliphatic hydroxyl groups is 1. The zero-order valence-corrected chi connectivity index (χ0v) is 29.3. The van der Waals surface area contributed by atoms with E-state index >= 15 is 0 Å². The maximum absolute atomic E-state index is 12.4. The molecule has 3 aromatic rings. The van der Waals surface area contributed by atoms with E-state index < -0.39 is 12.1 Å². The predicted molar refractivity (Wildman–Crippen MR) is 190 cm³/mol. The molecule has 0 saturated carbocycles. The number of piperidine rings is 1. The average molecular weight is 702 g/mol. The molecule has 3 aromatic carbocycles. The molecule has 11 heteroatoms. The molecule has 3 atom stereocenters. The molecule has 1 spiro atoms. The molecule has 3 aliphatic heterocycles. The molecule has 0 bridgehead atoms. The number of unbranched alkanes of at least 4 members (excludes halogenated alkanes) is 3. The molecule has 2 amide bonds. The van der Waals surface area contributed by atoms with E-state index in [4.69, 9.17) is 24.2 Å². The molecule has 274 valence electrons. The van der Waals surface area contributed by atoms with E-state index in [1.54, 1.807) is 5.48 Å². The average Bonchev–Trinajstić information content (AvgIpc) is 3.64. The highest BCUT2D eigenvalue weighted by Crippen LogP contribution is 2.39. The van der Waals surface area contributed by atoms with Gasteiger partial charge in [0.15, 0.2) is 12.1 Å². The number of nitrogens with zero attached hydrogens (tertiary/aromatic N) is 1. The van der Waals surface area contributed by atoms with Crippen LogP contribution < -0.4 is 10.8 Å². The van der Waals surface area contributed by atoms with Gasteiger partial charge in [-0.3, -0.25) is 14.8 Å². The Labute approximate surface area is 300 Å². The summed E-state index contributed by atoms with van der Waals surface area (Å²) < 4.78 is 25.1. The SMILES string of the molecule is O=C(CCCCCCC(=O)NCc1cccc(-c2ccc(C3OC(CN4CCC5(CC4)OCCO5)CC(c4ccc(CO)cc4)O3)cc2)c1)NO. The van der Waals surface area contributed by atoms with E-state index in [1.807, 2.05) is 36.4 Å². The number of amides is 2. The number of hydroxylamine groups is 1. The van der Waals surface area contributed by atoms with Crippen molar-refractivity contribution in [3.8, 4) is 11.1 Å². The number of carbonyl (C=O) groups excluding carboxylic acids is 2. The maximum Gasteiger partial charge on any atom is 0.243 e. The lowest BCUT2D eigenvalue weighted by molar-refractivity contribution is -0.255. The highest BCUT2D eigenvalue weighted by molar-refractivity contribution is 5.76. The third-order valence-electron chi connectivity index (χ3n) is 10.1. The Morgan fingerprint density at radius 2 is 1.47 bits per heavy atom. The quantitative estimate of drug-likeness (QED) is 0.0894. The molecule has 4 N–H and O–H groups in total. The van der Waals surface area contributed by atoms with Crippen LogP contribution in [-0.4, -0.2) is 71.8 Å².